The van der Waals surface area contributed by atoms with Gasteiger partial charge in [-0.15, -0.1) is 0 Å². The van der Waals surface area contributed by atoms with Crippen LogP contribution in [0, 0.1) is 0 Å². The highest BCUT2D eigenvalue weighted by Crippen LogP contribution is 2.14. The highest BCUT2D eigenvalue weighted by Gasteiger charge is 2.05. The third kappa shape index (κ3) is 2.65. The van der Waals surface area contributed by atoms with Gasteiger partial charge in [0.2, 0.25) is 0 Å². The van der Waals surface area contributed by atoms with Crippen LogP contribution in [0.2, 0.25) is 5.15 Å². The Morgan fingerprint density at radius 2 is 2.32 bits per heavy atom. The van der Waals surface area contributed by atoms with Gasteiger partial charge in [-0.3, -0.25) is 0 Å². The average Bonchev–Trinajstić information content (AvgIpc) is 3.04. The summed E-state index contributed by atoms with van der Waals surface area (Å²) in [4.78, 5) is 15.3. The third-order valence-electron chi connectivity index (χ3n) is 2.67. The highest BCUT2D eigenvalue weighted by molar-refractivity contribution is 6.29. The Bertz CT molecular complexity index is 661. The number of hydrogen-bond donors (Lipinski definition) is 2. The van der Waals surface area contributed by atoms with E-state index in [4.69, 9.17) is 11.6 Å². The molecule has 0 fully saturated rings. The first-order valence-corrected chi connectivity index (χ1v) is 6.29. The van der Waals surface area contributed by atoms with Crippen molar-refractivity contribution in [2.75, 3.05) is 11.9 Å². The Hall–Kier alpha value is -2.15. The number of imidazole rings is 1. The van der Waals surface area contributed by atoms with Crippen molar-refractivity contribution in [2.45, 2.75) is 12.8 Å². The highest BCUT2D eigenvalue weighted by atomic mass is 35.5. The van der Waals surface area contributed by atoms with E-state index in [0.29, 0.717) is 10.9 Å². The van der Waals surface area contributed by atoms with E-state index < -0.39 is 0 Å². The molecule has 0 saturated carbocycles. The van der Waals surface area contributed by atoms with Gasteiger partial charge in [0.25, 0.3) is 5.78 Å². The van der Waals surface area contributed by atoms with Crippen molar-refractivity contribution in [2.24, 2.45) is 0 Å². The second-order valence-corrected chi connectivity index (χ2v) is 4.39. The summed E-state index contributed by atoms with van der Waals surface area (Å²) in [6, 6.07) is 1.73. The summed E-state index contributed by atoms with van der Waals surface area (Å²) in [5.74, 6) is 2.26. The standard InChI is InChI=1S/C11H12ClN7/c12-8-6-10(19-11(18-8)16-7-17-19)15-3-1-2-9-13-4-5-14-9/h4-7,15H,1-3H2,(H,13,14). The number of aryl methyl sites for hydroxylation is 1. The molecule has 7 nitrogen and oxygen atoms in total. The number of hydrogen-bond acceptors (Lipinski definition) is 5. The zero-order valence-electron chi connectivity index (χ0n) is 10.0. The molecule has 3 aromatic rings. The number of fused-ring (bicyclic) bond motifs is 1. The molecule has 0 aliphatic carbocycles. The first-order valence-electron chi connectivity index (χ1n) is 5.91. The molecule has 0 aromatic carbocycles. The van der Waals surface area contributed by atoms with Crippen LogP contribution in [0.4, 0.5) is 5.82 Å². The van der Waals surface area contributed by atoms with E-state index in [1.165, 1.54) is 6.33 Å². The molecule has 0 amide bonds. The number of nitrogens with zero attached hydrogens (tertiary/aromatic N) is 5. The predicted octanol–water partition coefficient (Wildman–Crippen LogP) is 1.55. The van der Waals surface area contributed by atoms with E-state index in [9.17, 15) is 0 Å². The number of H-pyrrole nitrogens is 1. The molecule has 0 saturated heterocycles. The Morgan fingerprint density at radius 1 is 1.37 bits per heavy atom. The van der Waals surface area contributed by atoms with Crippen LogP contribution < -0.4 is 5.32 Å². The zero-order valence-corrected chi connectivity index (χ0v) is 10.8. The molecule has 8 heteroatoms. The van der Waals surface area contributed by atoms with Gasteiger partial charge in [-0.05, 0) is 6.42 Å². The van der Waals surface area contributed by atoms with E-state index in [2.05, 4.69) is 30.4 Å². The molecule has 0 aliphatic heterocycles. The van der Waals surface area contributed by atoms with Crippen LogP contribution in [0.5, 0.6) is 0 Å². The zero-order chi connectivity index (χ0) is 13.1. The summed E-state index contributed by atoms with van der Waals surface area (Å²) in [6.07, 6.45) is 6.87. The van der Waals surface area contributed by atoms with Crippen molar-refractivity contribution in [1.82, 2.24) is 29.5 Å². The largest absolute Gasteiger partial charge is 0.370 e. The summed E-state index contributed by atoms with van der Waals surface area (Å²) >= 11 is 5.93. The lowest BCUT2D eigenvalue weighted by atomic mass is 10.3. The van der Waals surface area contributed by atoms with E-state index >= 15 is 0 Å². The van der Waals surface area contributed by atoms with Crippen LogP contribution in [-0.4, -0.2) is 36.1 Å². The molecule has 0 aliphatic rings. The monoisotopic (exact) mass is 277 g/mol. The van der Waals surface area contributed by atoms with Crippen LogP contribution in [0.25, 0.3) is 5.78 Å². The van der Waals surface area contributed by atoms with Crippen LogP contribution >= 0.6 is 11.6 Å². The lowest BCUT2D eigenvalue weighted by Crippen LogP contribution is -2.08. The second-order valence-electron chi connectivity index (χ2n) is 4.00. The van der Waals surface area contributed by atoms with Gasteiger partial charge in [0, 0.05) is 31.4 Å². The molecule has 0 bridgehead atoms. The van der Waals surface area contributed by atoms with Crippen molar-refractivity contribution in [1.29, 1.82) is 0 Å². The molecule has 0 radical (unpaired) electrons. The van der Waals surface area contributed by atoms with Crippen molar-refractivity contribution >= 4 is 23.2 Å². The van der Waals surface area contributed by atoms with Crippen LogP contribution in [0.1, 0.15) is 12.2 Å². The minimum Gasteiger partial charge on any atom is -0.370 e. The first kappa shape index (κ1) is 11.9. The fourth-order valence-corrected chi connectivity index (χ4v) is 2.00. The number of halogens is 1. The lowest BCUT2D eigenvalue weighted by molar-refractivity contribution is 0.806. The molecule has 0 unspecified atom stereocenters. The first-order chi connectivity index (χ1) is 9.33. The van der Waals surface area contributed by atoms with E-state index in [-0.39, 0.29) is 0 Å². The quantitative estimate of drug-likeness (QED) is 0.546. The van der Waals surface area contributed by atoms with Gasteiger partial charge in [-0.25, -0.2) is 4.98 Å². The van der Waals surface area contributed by atoms with Crippen LogP contribution in [0.15, 0.2) is 24.8 Å². The topological polar surface area (TPSA) is 83.8 Å². The fraction of sp³-hybridized carbons (Fsp3) is 0.273. The van der Waals surface area contributed by atoms with Crippen molar-refractivity contribution in [3.8, 4) is 0 Å². The van der Waals surface area contributed by atoms with E-state index in [1.54, 1.807) is 16.8 Å². The van der Waals surface area contributed by atoms with Gasteiger partial charge in [-0.2, -0.15) is 19.6 Å². The molecule has 3 aromatic heterocycles. The third-order valence-corrected chi connectivity index (χ3v) is 2.87. The second kappa shape index (κ2) is 5.23. The van der Waals surface area contributed by atoms with E-state index in [1.807, 2.05) is 6.20 Å². The normalized spacial score (nSPS) is 11.0. The molecule has 2 N–H and O–H groups in total. The summed E-state index contributed by atoms with van der Waals surface area (Å²) in [7, 11) is 0. The van der Waals surface area contributed by atoms with Gasteiger partial charge >= 0.3 is 0 Å². The maximum atomic E-state index is 5.93. The Kier molecular flexibility index (Phi) is 3.28. The minimum absolute atomic E-state index is 0.397. The van der Waals surface area contributed by atoms with Crippen molar-refractivity contribution in [3.63, 3.8) is 0 Å². The number of aromatic amines is 1. The fourth-order valence-electron chi connectivity index (χ4n) is 1.82. The van der Waals surface area contributed by atoms with Gasteiger partial charge in [0.1, 0.15) is 23.1 Å². The van der Waals surface area contributed by atoms with E-state index in [0.717, 1.165) is 31.0 Å². The summed E-state index contributed by atoms with van der Waals surface area (Å²) in [5.41, 5.74) is 0. The van der Waals surface area contributed by atoms with Crippen LogP contribution in [0.3, 0.4) is 0 Å². The van der Waals surface area contributed by atoms with Crippen molar-refractivity contribution < 1.29 is 0 Å². The molecule has 3 rings (SSSR count). The molecule has 19 heavy (non-hydrogen) atoms. The number of aromatic nitrogens is 6. The Morgan fingerprint density at radius 3 is 3.16 bits per heavy atom. The lowest BCUT2D eigenvalue weighted by Gasteiger charge is -2.07. The predicted molar refractivity (Wildman–Crippen MR) is 71.2 cm³/mol. The maximum absolute atomic E-state index is 5.93. The maximum Gasteiger partial charge on any atom is 0.255 e. The molecule has 0 atom stereocenters. The van der Waals surface area contributed by atoms with Gasteiger partial charge < -0.3 is 10.3 Å². The Labute approximate surface area is 114 Å². The molecule has 3 heterocycles. The summed E-state index contributed by atoms with van der Waals surface area (Å²) < 4.78 is 1.62. The molecule has 0 spiro atoms. The van der Waals surface area contributed by atoms with Gasteiger partial charge in [-0.1, -0.05) is 11.6 Å². The van der Waals surface area contributed by atoms with Gasteiger partial charge in [0.15, 0.2) is 0 Å². The van der Waals surface area contributed by atoms with Crippen LogP contribution in [-0.2, 0) is 6.42 Å². The minimum atomic E-state index is 0.397. The number of rotatable bonds is 5. The average molecular weight is 278 g/mol. The number of nitrogens with one attached hydrogen (secondary N) is 2. The number of anilines is 1. The molecular weight excluding hydrogens is 266 g/mol. The summed E-state index contributed by atoms with van der Waals surface area (Å²) in [6.45, 7) is 0.788. The van der Waals surface area contributed by atoms with Crippen molar-refractivity contribution in [3.05, 3.63) is 35.8 Å². The SMILES string of the molecule is Clc1cc(NCCCc2ncc[nH]2)n2ncnc2n1. The Balaban J connectivity index is 1.63. The smallest absolute Gasteiger partial charge is 0.255 e. The molecular formula is C11H12ClN7. The van der Waals surface area contributed by atoms with Gasteiger partial charge in [0.05, 0.1) is 0 Å². The molecule has 98 valence electrons. The summed E-state index contributed by atoms with van der Waals surface area (Å²) in [5, 5.41) is 7.76.